The molecule has 2 atom stereocenters. The standard InChI is InChI=1S/C16H23BrO5/c1-5-20-15(19)12(17)10-13-14(22-16(3,4)21-13)11(2)8-6-7-9-18/h6-8,10,13-14,18H,5,9H2,1-4H3/b7-6+,11-8+,12-10+/t13-,14-/m0/s1. The van der Waals surface area contributed by atoms with Gasteiger partial charge in [0.15, 0.2) is 5.79 Å². The lowest BCUT2D eigenvalue weighted by Gasteiger charge is -2.16. The highest BCUT2D eigenvalue weighted by molar-refractivity contribution is 9.12. The Balaban J connectivity index is 2.94. The van der Waals surface area contributed by atoms with Gasteiger partial charge in [-0.15, -0.1) is 0 Å². The molecular weight excluding hydrogens is 352 g/mol. The van der Waals surface area contributed by atoms with Crippen molar-refractivity contribution in [3.63, 3.8) is 0 Å². The zero-order chi connectivity index (χ0) is 16.8. The second kappa shape index (κ2) is 8.62. The summed E-state index contributed by atoms with van der Waals surface area (Å²) in [4.78, 5) is 11.7. The van der Waals surface area contributed by atoms with Crippen LogP contribution in [0.3, 0.4) is 0 Å². The minimum atomic E-state index is -0.746. The van der Waals surface area contributed by atoms with Crippen LogP contribution in [0.5, 0.6) is 0 Å². The van der Waals surface area contributed by atoms with Gasteiger partial charge in [-0.2, -0.15) is 0 Å². The van der Waals surface area contributed by atoms with E-state index in [1.54, 1.807) is 25.2 Å². The maximum Gasteiger partial charge on any atom is 0.344 e. The molecule has 0 amide bonds. The number of carbonyl (C=O) groups excluding carboxylic acids is 1. The number of allylic oxidation sites excluding steroid dienone is 2. The lowest BCUT2D eigenvalue weighted by molar-refractivity contribution is -0.141. The number of esters is 1. The number of hydrogen-bond donors (Lipinski definition) is 1. The summed E-state index contributed by atoms with van der Waals surface area (Å²) in [6.45, 7) is 7.60. The molecule has 1 saturated heterocycles. The van der Waals surface area contributed by atoms with Crippen molar-refractivity contribution in [1.82, 2.24) is 0 Å². The molecule has 1 aliphatic rings. The van der Waals surface area contributed by atoms with Crippen molar-refractivity contribution in [3.8, 4) is 0 Å². The number of aliphatic hydroxyl groups is 1. The molecule has 0 unspecified atom stereocenters. The van der Waals surface area contributed by atoms with Crippen LogP contribution in [0.1, 0.15) is 27.7 Å². The molecule has 1 fully saturated rings. The Morgan fingerprint density at radius 3 is 2.68 bits per heavy atom. The first-order valence-electron chi connectivity index (χ1n) is 7.15. The molecule has 0 spiro atoms. The topological polar surface area (TPSA) is 65.0 Å². The molecule has 1 rings (SSSR count). The largest absolute Gasteiger partial charge is 0.462 e. The van der Waals surface area contributed by atoms with E-state index in [1.165, 1.54) is 0 Å². The van der Waals surface area contributed by atoms with Crippen molar-refractivity contribution in [1.29, 1.82) is 0 Å². The van der Waals surface area contributed by atoms with E-state index >= 15 is 0 Å². The van der Waals surface area contributed by atoms with Crippen LogP contribution >= 0.6 is 15.9 Å². The molecule has 1 N–H and O–H groups in total. The van der Waals surface area contributed by atoms with Crippen molar-refractivity contribution in [2.24, 2.45) is 0 Å². The highest BCUT2D eigenvalue weighted by Crippen LogP contribution is 2.33. The Morgan fingerprint density at radius 1 is 1.41 bits per heavy atom. The summed E-state index contributed by atoms with van der Waals surface area (Å²) in [6, 6.07) is 0. The predicted molar refractivity (Wildman–Crippen MR) is 87.5 cm³/mol. The Morgan fingerprint density at radius 2 is 2.09 bits per heavy atom. The van der Waals surface area contributed by atoms with E-state index < -0.39 is 17.9 Å². The second-order valence-electron chi connectivity index (χ2n) is 5.28. The Bertz CT molecular complexity index is 479. The molecule has 0 saturated carbocycles. The van der Waals surface area contributed by atoms with Gasteiger partial charge in [0.05, 0.1) is 13.2 Å². The molecule has 1 heterocycles. The fraction of sp³-hybridized carbons (Fsp3) is 0.562. The average molecular weight is 375 g/mol. The molecule has 6 heteroatoms. The van der Waals surface area contributed by atoms with Gasteiger partial charge in [0.1, 0.15) is 16.7 Å². The highest BCUT2D eigenvalue weighted by atomic mass is 79.9. The van der Waals surface area contributed by atoms with E-state index in [0.717, 1.165) is 5.57 Å². The van der Waals surface area contributed by atoms with E-state index in [9.17, 15) is 4.79 Å². The monoisotopic (exact) mass is 374 g/mol. The summed E-state index contributed by atoms with van der Waals surface area (Å²) >= 11 is 3.22. The number of rotatable bonds is 6. The third-order valence-corrected chi connectivity index (χ3v) is 3.55. The molecule has 124 valence electrons. The summed E-state index contributed by atoms with van der Waals surface area (Å²) < 4.78 is 17.0. The summed E-state index contributed by atoms with van der Waals surface area (Å²) in [5.74, 6) is -1.18. The summed E-state index contributed by atoms with van der Waals surface area (Å²) in [5.41, 5.74) is 0.931. The molecule has 22 heavy (non-hydrogen) atoms. The number of halogens is 1. The molecule has 1 aliphatic heterocycles. The summed E-state index contributed by atoms with van der Waals surface area (Å²) in [6.07, 6.45) is 6.16. The van der Waals surface area contributed by atoms with Crippen LogP contribution in [-0.2, 0) is 19.0 Å². The van der Waals surface area contributed by atoms with Gasteiger partial charge in [-0.3, -0.25) is 0 Å². The van der Waals surface area contributed by atoms with Gasteiger partial charge in [-0.1, -0.05) is 18.2 Å². The van der Waals surface area contributed by atoms with Gasteiger partial charge in [0, 0.05) is 0 Å². The van der Waals surface area contributed by atoms with E-state index in [-0.39, 0.29) is 12.7 Å². The van der Waals surface area contributed by atoms with Crippen molar-refractivity contribution in [3.05, 3.63) is 34.4 Å². The fourth-order valence-corrected chi connectivity index (χ4v) is 2.43. The van der Waals surface area contributed by atoms with E-state index in [1.807, 2.05) is 26.8 Å². The molecule has 0 aromatic carbocycles. The Kier molecular flexibility index (Phi) is 7.48. The smallest absolute Gasteiger partial charge is 0.344 e. The molecule has 5 nitrogen and oxygen atoms in total. The van der Waals surface area contributed by atoms with Crippen molar-refractivity contribution in [2.75, 3.05) is 13.2 Å². The summed E-state index contributed by atoms with van der Waals surface area (Å²) in [5, 5.41) is 8.77. The van der Waals surface area contributed by atoms with Crippen LogP contribution in [0.4, 0.5) is 0 Å². The SMILES string of the molecule is CCOC(=O)/C(Br)=C\[C@@H]1OC(C)(C)O[C@H]1/C(C)=C/C=C/CO. The zero-order valence-corrected chi connectivity index (χ0v) is 14.9. The van der Waals surface area contributed by atoms with Crippen LogP contribution < -0.4 is 0 Å². The molecule has 0 radical (unpaired) electrons. The third kappa shape index (κ3) is 5.68. The number of aliphatic hydroxyl groups excluding tert-OH is 1. The van der Waals surface area contributed by atoms with E-state index in [4.69, 9.17) is 19.3 Å². The van der Waals surface area contributed by atoms with Gasteiger partial charge in [0.2, 0.25) is 0 Å². The Hall–Kier alpha value is -0.950. The first-order chi connectivity index (χ1) is 10.3. The molecule has 0 aromatic rings. The van der Waals surface area contributed by atoms with Crippen LogP contribution in [0, 0.1) is 0 Å². The lowest BCUT2D eigenvalue weighted by atomic mass is 10.1. The lowest BCUT2D eigenvalue weighted by Crippen LogP contribution is -2.23. The quantitative estimate of drug-likeness (QED) is 0.439. The molecule has 0 aliphatic carbocycles. The first kappa shape index (κ1) is 19.1. The first-order valence-corrected chi connectivity index (χ1v) is 7.94. The maximum absolute atomic E-state index is 11.7. The number of hydrogen-bond acceptors (Lipinski definition) is 5. The minimum absolute atomic E-state index is 0.0188. The van der Waals surface area contributed by atoms with Crippen LogP contribution in [0.2, 0.25) is 0 Å². The van der Waals surface area contributed by atoms with Crippen LogP contribution in [0.15, 0.2) is 34.4 Å². The molecule has 0 aromatic heterocycles. The van der Waals surface area contributed by atoms with E-state index in [0.29, 0.717) is 11.1 Å². The molecular formula is C16H23BrO5. The van der Waals surface area contributed by atoms with E-state index in [2.05, 4.69) is 15.9 Å². The van der Waals surface area contributed by atoms with Gasteiger partial charge >= 0.3 is 5.97 Å². The fourth-order valence-electron chi connectivity index (χ4n) is 2.05. The average Bonchev–Trinajstić information content (AvgIpc) is 2.74. The maximum atomic E-state index is 11.7. The van der Waals surface area contributed by atoms with Crippen LogP contribution in [-0.4, -0.2) is 42.3 Å². The van der Waals surface area contributed by atoms with Crippen molar-refractivity contribution < 1.29 is 24.1 Å². The highest BCUT2D eigenvalue weighted by Gasteiger charge is 2.41. The molecule has 0 bridgehead atoms. The third-order valence-electron chi connectivity index (χ3n) is 2.96. The van der Waals surface area contributed by atoms with Crippen molar-refractivity contribution >= 4 is 21.9 Å². The van der Waals surface area contributed by atoms with Crippen molar-refractivity contribution in [2.45, 2.75) is 45.7 Å². The second-order valence-corrected chi connectivity index (χ2v) is 6.13. The zero-order valence-electron chi connectivity index (χ0n) is 13.3. The minimum Gasteiger partial charge on any atom is -0.462 e. The van der Waals surface area contributed by atoms with Crippen LogP contribution in [0.25, 0.3) is 0 Å². The van der Waals surface area contributed by atoms with Gasteiger partial charge in [0.25, 0.3) is 0 Å². The normalized spacial score (nSPS) is 25.7. The van der Waals surface area contributed by atoms with Gasteiger partial charge in [-0.25, -0.2) is 4.79 Å². The number of carbonyl (C=O) groups is 1. The predicted octanol–water partition coefficient (Wildman–Crippen LogP) is 2.84. The Labute approximate surface area is 139 Å². The van der Waals surface area contributed by atoms with Gasteiger partial charge < -0.3 is 19.3 Å². The number of ether oxygens (including phenoxy) is 3. The summed E-state index contributed by atoms with van der Waals surface area (Å²) in [7, 11) is 0. The van der Waals surface area contributed by atoms with Gasteiger partial charge in [-0.05, 0) is 55.3 Å².